The largest absolute Gasteiger partial charge is 0.252 e. The number of hydrogen-bond donors (Lipinski definition) is 1. The Labute approximate surface area is 64.3 Å². The molecule has 1 rings (SSSR count). The van der Waals surface area contributed by atoms with Crippen molar-refractivity contribution in [2.75, 3.05) is 12.3 Å². The molecule has 2 heteroatoms. The van der Waals surface area contributed by atoms with Gasteiger partial charge in [0.05, 0.1) is 18.0 Å². The van der Waals surface area contributed by atoms with Gasteiger partial charge in [0.25, 0.3) is 0 Å². The van der Waals surface area contributed by atoms with Crippen LogP contribution in [-0.2, 0) is 0 Å². The molecule has 0 aromatic rings. The van der Waals surface area contributed by atoms with E-state index in [4.69, 9.17) is 0 Å². The van der Waals surface area contributed by atoms with Crippen molar-refractivity contribution in [3.63, 3.8) is 0 Å². The van der Waals surface area contributed by atoms with Crippen LogP contribution in [0.5, 0.6) is 0 Å². The van der Waals surface area contributed by atoms with E-state index in [-0.39, 0.29) is 0 Å². The Morgan fingerprint density at radius 3 is 2.30 bits per heavy atom. The van der Waals surface area contributed by atoms with E-state index in [2.05, 4.69) is 13.8 Å². The molecule has 0 spiro atoms. The van der Waals surface area contributed by atoms with E-state index in [1.54, 1.807) is 0 Å². The zero-order valence-corrected chi connectivity index (χ0v) is 7.90. The molecule has 10 heavy (non-hydrogen) atoms. The van der Waals surface area contributed by atoms with Gasteiger partial charge < -0.3 is 0 Å². The molecule has 0 aliphatic carbocycles. The molecule has 1 aliphatic heterocycles. The van der Waals surface area contributed by atoms with E-state index < -0.39 is 7.49 Å². The van der Waals surface area contributed by atoms with Crippen molar-refractivity contribution in [3.8, 4) is 0 Å². The first-order chi connectivity index (χ1) is 4.69. The zero-order valence-electron chi connectivity index (χ0n) is 7.01. The molecule has 60 valence electrons. The van der Waals surface area contributed by atoms with E-state index in [9.17, 15) is 4.89 Å². The SMILES string of the molecule is CCC(C)[P+]1(O)CCCC1. The Morgan fingerprint density at radius 1 is 1.40 bits per heavy atom. The smallest absolute Gasteiger partial charge is 0.144 e. The lowest BCUT2D eigenvalue weighted by Gasteiger charge is -2.19. The van der Waals surface area contributed by atoms with Gasteiger partial charge in [-0.1, -0.05) is 6.92 Å². The third-order valence-corrected chi connectivity index (χ3v) is 6.94. The van der Waals surface area contributed by atoms with Crippen LogP contribution in [0.2, 0.25) is 0 Å². The highest BCUT2D eigenvalue weighted by molar-refractivity contribution is 7.71. The Morgan fingerprint density at radius 2 is 1.90 bits per heavy atom. The molecule has 1 atom stereocenters. The van der Waals surface area contributed by atoms with Crippen LogP contribution < -0.4 is 0 Å². The second kappa shape index (κ2) is 3.19. The molecule has 0 radical (unpaired) electrons. The highest BCUT2D eigenvalue weighted by atomic mass is 31.2. The minimum Gasteiger partial charge on any atom is -0.252 e. The predicted molar refractivity (Wildman–Crippen MR) is 47.9 cm³/mol. The van der Waals surface area contributed by atoms with Gasteiger partial charge in [0.2, 0.25) is 0 Å². The Balaban J connectivity index is 2.49. The lowest BCUT2D eigenvalue weighted by atomic mass is 10.4. The van der Waals surface area contributed by atoms with E-state index in [0.29, 0.717) is 5.66 Å². The molecule has 1 nitrogen and oxygen atoms in total. The second-order valence-electron chi connectivity index (χ2n) is 3.40. The summed E-state index contributed by atoms with van der Waals surface area (Å²) in [7, 11) is -1.41. The van der Waals surface area contributed by atoms with Crippen LogP contribution >= 0.6 is 7.49 Å². The van der Waals surface area contributed by atoms with Gasteiger partial charge in [0.15, 0.2) is 0 Å². The normalized spacial score (nSPS) is 26.7. The van der Waals surface area contributed by atoms with E-state index in [0.717, 1.165) is 18.7 Å². The molecular weight excluding hydrogens is 143 g/mol. The van der Waals surface area contributed by atoms with Crippen LogP contribution in [-0.4, -0.2) is 22.9 Å². The Hall–Kier alpha value is 0.390. The predicted octanol–water partition coefficient (Wildman–Crippen LogP) is 2.50. The Bertz CT molecular complexity index is 108. The van der Waals surface area contributed by atoms with E-state index in [1.807, 2.05) is 0 Å². The molecule has 1 fully saturated rings. The highest BCUT2D eigenvalue weighted by Crippen LogP contribution is 2.64. The van der Waals surface area contributed by atoms with Crippen molar-refractivity contribution in [1.82, 2.24) is 0 Å². The molecule has 0 bridgehead atoms. The van der Waals surface area contributed by atoms with Crippen LogP contribution in [0.15, 0.2) is 0 Å². The minimum atomic E-state index is -1.41. The third-order valence-electron chi connectivity index (χ3n) is 2.75. The van der Waals surface area contributed by atoms with Crippen LogP contribution in [0.25, 0.3) is 0 Å². The summed E-state index contributed by atoms with van der Waals surface area (Å²) in [5, 5.41) is 0. The van der Waals surface area contributed by atoms with Crippen molar-refractivity contribution in [1.29, 1.82) is 0 Å². The first-order valence-corrected chi connectivity index (χ1v) is 6.46. The summed E-state index contributed by atoms with van der Waals surface area (Å²) in [4.78, 5) is 10.1. The summed E-state index contributed by atoms with van der Waals surface area (Å²) in [6, 6.07) is 0. The molecule has 0 amide bonds. The second-order valence-corrected chi connectivity index (χ2v) is 7.15. The van der Waals surface area contributed by atoms with Gasteiger partial charge >= 0.3 is 0 Å². The highest BCUT2D eigenvalue weighted by Gasteiger charge is 2.43. The molecule has 0 saturated carbocycles. The van der Waals surface area contributed by atoms with E-state index in [1.165, 1.54) is 12.8 Å². The lowest BCUT2D eigenvalue weighted by Crippen LogP contribution is -2.09. The average Bonchev–Trinajstić information content (AvgIpc) is 2.36. The molecule has 1 unspecified atom stereocenters. The molecule has 1 heterocycles. The summed E-state index contributed by atoms with van der Waals surface area (Å²) in [5.74, 6) is 0. The van der Waals surface area contributed by atoms with Gasteiger partial charge in [0.1, 0.15) is 7.49 Å². The minimum absolute atomic E-state index is 0.606. The van der Waals surface area contributed by atoms with Gasteiger partial charge in [0, 0.05) is 0 Å². The molecule has 0 aromatic carbocycles. The topological polar surface area (TPSA) is 20.2 Å². The maximum Gasteiger partial charge on any atom is 0.144 e. The van der Waals surface area contributed by atoms with Crippen LogP contribution in [0.1, 0.15) is 33.1 Å². The summed E-state index contributed by atoms with van der Waals surface area (Å²) in [6.45, 7) is 4.39. The zero-order chi connectivity index (χ0) is 7.61. The first kappa shape index (κ1) is 8.49. The molecule has 1 aliphatic rings. The van der Waals surface area contributed by atoms with Crippen molar-refractivity contribution in [2.24, 2.45) is 0 Å². The van der Waals surface area contributed by atoms with Crippen molar-refractivity contribution in [3.05, 3.63) is 0 Å². The number of rotatable bonds is 2. The number of hydrogen-bond acceptors (Lipinski definition) is 1. The van der Waals surface area contributed by atoms with Gasteiger partial charge in [-0.25, -0.2) is 0 Å². The van der Waals surface area contributed by atoms with Crippen molar-refractivity contribution in [2.45, 2.75) is 38.8 Å². The summed E-state index contributed by atoms with van der Waals surface area (Å²) in [5.41, 5.74) is 0.606. The average molecular weight is 161 g/mol. The van der Waals surface area contributed by atoms with Crippen LogP contribution in [0.4, 0.5) is 0 Å². The third kappa shape index (κ3) is 1.52. The monoisotopic (exact) mass is 161 g/mol. The van der Waals surface area contributed by atoms with E-state index >= 15 is 0 Å². The van der Waals surface area contributed by atoms with Gasteiger partial charge in [-0.2, -0.15) is 0 Å². The maximum atomic E-state index is 10.1. The van der Waals surface area contributed by atoms with Crippen LogP contribution in [0.3, 0.4) is 0 Å². The summed E-state index contributed by atoms with van der Waals surface area (Å²) < 4.78 is 0. The molecule has 1 N–H and O–H groups in total. The van der Waals surface area contributed by atoms with Crippen molar-refractivity contribution >= 4 is 7.49 Å². The Kier molecular flexibility index (Phi) is 2.71. The fourth-order valence-corrected chi connectivity index (χ4v) is 4.99. The fraction of sp³-hybridized carbons (Fsp3) is 1.00. The molecule has 0 aromatic heterocycles. The quantitative estimate of drug-likeness (QED) is 0.617. The maximum absolute atomic E-state index is 10.1. The van der Waals surface area contributed by atoms with Crippen molar-refractivity contribution < 1.29 is 4.89 Å². The summed E-state index contributed by atoms with van der Waals surface area (Å²) >= 11 is 0. The van der Waals surface area contributed by atoms with Gasteiger partial charge in [-0.3, -0.25) is 4.89 Å². The standard InChI is InChI=1S/C8H18OP/c1-3-8(2)10(9)6-4-5-7-10/h8-9H,3-7H2,1-2H3/q+1. The fourth-order valence-electron chi connectivity index (χ4n) is 1.66. The van der Waals surface area contributed by atoms with Gasteiger partial charge in [-0.15, -0.1) is 0 Å². The van der Waals surface area contributed by atoms with Gasteiger partial charge in [-0.05, 0) is 26.2 Å². The molecular formula is C8H18OP+. The summed E-state index contributed by atoms with van der Waals surface area (Å²) in [6.07, 6.45) is 5.98. The first-order valence-electron chi connectivity index (χ1n) is 4.28. The molecule has 1 saturated heterocycles. The lowest BCUT2D eigenvalue weighted by molar-refractivity contribution is 0.583. The van der Waals surface area contributed by atoms with Crippen LogP contribution in [0, 0.1) is 0 Å².